The molecule has 100 valence electrons. The SMILES string of the molecule is CCC1CC1NCC(O)c1ccc(C(C)C)cc1. The lowest BCUT2D eigenvalue weighted by molar-refractivity contribution is 0.173. The maximum absolute atomic E-state index is 10.1. The Kier molecular flexibility index (Phi) is 4.41. The van der Waals surface area contributed by atoms with Gasteiger partial charge in [0.05, 0.1) is 6.10 Å². The van der Waals surface area contributed by atoms with E-state index in [1.165, 1.54) is 18.4 Å². The Balaban J connectivity index is 1.83. The van der Waals surface area contributed by atoms with Crippen LogP contribution in [0.5, 0.6) is 0 Å². The van der Waals surface area contributed by atoms with Gasteiger partial charge in [0.1, 0.15) is 0 Å². The van der Waals surface area contributed by atoms with Gasteiger partial charge in [-0.25, -0.2) is 0 Å². The second-order valence-corrected chi connectivity index (χ2v) is 5.76. The van der Waals surface area contributed by atoms with Crippen LogP contribution in [0.3, 0.4) is 0 Å². The Morgan fingerprint density at radius 1 is 1.22 bits per heavy atom. The molecule has 0 aliphatic heterocycles. The van der Waals surface area contributed by atoms with Gasteiger partial charge in [-0.1, -0.05) is 51.5 Å². The summed E-state index contributed by atoms with van der Waals surface area (Å²) < 4.78 is 0. The van der Waals surface area contributed by atoms with E-state index < -0.39 is 0 Å². The van der Waals surface area contributed by atoms with E-state index in [9.17, 15) is 5.11 Å². The summed E-state index contributed by atoms with van der Waals surface area (Å²) in [7, 11) is 0. The Morgan fingerprint density at radius 3 is 2.33 bits per heavy atom. The molecule has 18 heavy (non-hydrogen) atoms. The Labute approximate surface area is 110 Å². The normalized spacial score (nSPS) is 24.3. The van der Waals surface area contributed by atoms with Gasteiger partial charge in [0.2, 0.25) is 0 Å². The maximum atomic E-state index is 10.1. The molecule has 3 unspecified atom stereocenters. The van der Waals surface area contributed by atoms with E-state index in [4.69, 9.17) is 0 Å². The third-order valence-electron chi connectivity index (χ3n) is 4.01. The van der Waals surface area contributed by atoms with E-state index in [1.807, 2.05) is 12.1 Å². The monoisotopic (exact) mass is 247 g/mol. The summed E-state index contributed by atoms with van der Waals surface area (Å²) in [4.78, 5) is 0. The molecule has 0 saturated heterocycles. The molecule has 1 aliphatic rings. The number of rotatable bonds is 6. The summed E-state index contributed by atoms with van der Waals surface area (Å²) >= 11 is 0. The van der Waals surface area contributed by atoms with E-state index in [0.717, 1.165) is 11.5 Å². The van der Waals surface area contributed by atoms with Crippen LogP contribution in [0.4, 0.5) is 0 Å². The topological polar surface area (TPSA) is 32.3 Å². The minimum Gasteiger partial charge on any atom is -0.387 e. The van der Waals surface area contributed by atoms with Gasteiger partial charge in [0.25, 0.3) is 0 Å². The third-order valence-corrected chi connectivity index (χ3v) is 4.01. The predicted octanol–water partition coefficient (Wildman–Crippen LogP) is 3.23. The standard InChI is InChI=1S/C16H25NO/c1-4-12-9-15(12)17-10-16(18)14-7-5-13(6-8-14)11(2)3/h5-8,11-12,15-18H,4,9-10H2,1-3H3. The molecule has 1 fully saturated rings. The minimum absolute atomic E-state index is 0.385. The van der Waals surface area contributed by atoms with Gasteiger partial charge in [0.15, 0.2) is 0 Å². The lowest BCUT2D eigenvalue weighted by Gasteiger charge is -2.13. The first-order chi connectivity index (χ1) is 8.61. The van der Waals surface area contributed by atoms with Crippen molar-refractivity contribution >= 4 is 0 Å². The molecule has 0 heterocycles. The molecule has 1 saturated carbocycles. The van der Waals surface area contributed by atoms with Gasteiger partial charge in [-0.2, -0.15) is 0 Å². The highest BCUT2D eigenvalue weighted by atomic mass is 16.3. The van der Waals surface area contributed by atoms with Crippen LogP contribution in [0.15, 0.2) is 24.3 Å². The molecule has 2 heteroatoms. The van der Waals surface area contributed by atoms with Crippen LogP contribution in [0.2, 0.25) is 0 Å². The number of hydrogen-bond acceptors (Lipinski definition) is 2. The van der Waals surface area contributed by atoms with E-state index >= 15 is 0 Å². The Hall–Kier alpha value is -0.860. The molecule has 1 aromatic rings. The van der Waals surface area contributed by atoms with Crippen molar-refractivity contribution in [1.82, 2.24) is 5.32 Å². The van der Waals surface area contributed by atoms with Gasteiger partial charge >= 0.3 is 0 Å². The van der Waals surface area contributed by atoms with E-state index in [0.29, 0.717) is 18.5 Å². The van der Waals surface area contributed by atoms with Crippen molar-refractivity contribution in [2.75, 3.05) is 6.54 Å². The quantitative estimate of drug-likeness (QED) is 0.809. The van der Waals surface area contributed by atoms with Crippen LogP contribution in [0.25, 0.3) is 0 Å². The zero-order chi connectivity index (χ0) is 13.1. The smallest absolute Gasteiger partial charge is 0.0914 e. The highest BCUT2D eigenvalue weighted by Gasteiger charge is 2.34. The van der Waals surface area contributed by atoms with Gasteiger partial charge in [0, 0.05) is 12.6 Å². The van der Waals surface area contributed by atoms with Crippen LogP contribution in [0.1, 0.15) is 56.8 Å². The summed E-state index contributed by atoms with van der Waals surface area (Å²) in [6, 6.07) is 8.97. The van der Waals surface area contributed by atoms with Crippen molar-refractivity contribution in [3.05, 3.63) is 35.4 Å². The number of aliphatic hydroxyl groups excluding tert-OH is 1. The molecular weight excluding hydrogens is 222 g/mol. The maximum Gasteiger partial charge on any atom is 0.0914 e. The lowest BCUT2D eigenvalue weighted by atomic mass is 10.00. The zero-order valence-corrected chi connectivity index (χ0v) is 11.7. The van der Waals surface area contributed by atoms with Crippen LogP contribution in [-0.4, -0.2) is 17.7 Å². The molecule has 2 nitrogen and oxygen atoms in total. The molecule has 0 spiro atoms. The highest BCUT2D eigenvalue weighted by molar-refractivity contribution is 5.26. The van der Waals surface area contributed by atoms with Gasteiger partial charge in [-0.3, -0.25) is 0 Å². The molecule has 3 atom stereocenters. The highest BCUT2D eigenvalue weighted by Crippen LogP contribution is 2.33. The summed E-state index contributed by atoms with van der Waals surface area (Å²) in [5.74, 6) is 1.38. The number of nitrogens with one attached hydrogen (secondary N) is 1. The van der Waals surface area contributed by atoms with E-state index in [2.05, 4.69) is 38.2 Å². The third kappa shape index (κ3) is 3.33. The van der Waals surface area contributed by atoms with Crippen molar-refractivity contribution in [1.29, 1.82) is 0 Å². The largest absolute Gasteiger partial charge is 0.387 e. The first-order valence-corrected chi connectivity index (χ1v) is 7.13. The van der Waals surface area contributed by atoms with Crippen molar-refractivity contribution in [2.45, 2.75) is 51.7 Å². The van der Waals surface area contributed by atoms with Gasteiger partial charge in [-0.05, 0) is 29.4 Å². The van der Waals surface area contributed by atoms with Crippen molar-refractivity contribution in [2.24, 2.45) is 5.92 Å². The molecule has 2 rings (SSSR count). The van der Waals surface area contributed by atoms with Crippen LogP contribution in [-0.2, 0) is 0 Å². The molecule has 0 aromatic heterocycles. The van der Waals surface area contributed by atoms with Gasteiger partial charge < -0.3 is 10.4 Å². The number of aliphatic hydroxyl groups is 1. The average molecular weight is 247 g/mol. The Morgan fingerprint density at radius 2 is 1.83 bits per heavy atom. The summed E-state index contributed by atoms with van der Waals surface area (Å²) in [5, 5.41) is 13.6. The van der Waals surface area contributed by atoms with Crippen LogP contribution >= 0.6 is 0 Å². The Bertz CT molecular complexity index is 371. The number of benzene rings is 1. The second-order valence-electron chi connectivity index (χ2n) is 5.76. The van der Waals surface area contributed by atoms with Crippen molar-refractivity contribution in [3.63, 3.8) is 0 Å². The fourth-order valence-corrected chi connectivity index (χ4v) is 2.43. The van der Waals surface area contributed by atoms with Gasteiger partial charge in [-0.15, -0.1) is 0 Å². The fourth-order valence-electron chi connectivity index (χ4n) is 2.43. The van der Waals surface area contributed by atoms with Crippen molar-refractivity contribution in [3.8, 4) is 0 Å². The number of hydrogen-bond donors (Lipinski definition) is 2. The van der Waals surface area contributed by atoms with E-state index in [-0.39, 0.29) is 6.10 Å². The molecule has 0 radical (unpaired) electrons. The molecule has 0 bridgehead atoms. The first-order valence-electron chi connectivity index (χ1n) is 7.13. The molecule has 0 amide bonds. The summed E-state index contributed by atoms with van der Waals surface area (Å²) in [5.41, 5.74) is 2.34. The summed E-state index contributed by atoms with van der Waals surface area (Å²) in [6.07, 6.45) is 2.14. The molecule has 1 aromatic carbocycles. The molecule has 2 N–H and O–H groups in total. The predicted molar refractivity (Wildman–Crippen MR) is 75.7 cm³/mol. The van der Waals surface area contributed by atoms with Crippen LogP contribution in [0, 0.1) is 5.92 Å². The van der Waals surface area contributed by atoms with Crippen molar-refractivity contribution < 1.29 is 5.11 Å². The first kappa shape index (κ1) is 13.6. The second kappa shape index (κ2) is 5.85. The zero-order valence-electron chi connectivity index (χ0n) is 11.7. The molecular formula is C16H25NO. The lowest BCUT2D eigenvalue weighted by Crippen LogP contribution is -2.24. The average Bonchev–Trinajstić information content (AvgIpc) is 3.14. The van der Waals surface area contributed by atoms with E-state index in [1.54, 1.807) is 0 Å². The summed E-state index contributed by atoms with van der Waals surface area (Å²) in [6.45, 7) is 7.27. The molecule has 1 aliphatic carbocycles. The minimum atomic E-state index is -0.385. The van der Waals surface area contributed by atoms with Crippen LogP contribution < -0.4 is 5.32 Å². The fraction of sp³-hybridized carbons (Fsp3) is 0.625.